The van der Waals surface area contributed by atoms with Crippen LogP contribution in [0.5, 0.6) is 0 Å². The lowest BCUT2D eigenvalue weighted by Gasteiger charge is -2.27. The standard InChI is InChI=1S/C18H15N3O5S/c22-17-16(27-18(19-17)20-7-9-25-10-8-20)11-14-5-6-15(26-14)12-1-3-13(4-2-12)21(23)24/h1-6,11H,7-10H2/b16-11+. The smallest absolute Gasteiger partial charge is 0.286 e. The van der Waals surface area contributed by atoms with Crippen LogP contribution in [0.15, 0.2) is 50.7 Å². The van der Waals surface area contributed by atoms with E-state index in [-0.39, 0.29) is 11.6 Å². The maximum atomic E-state index is 12.2. The molecule has 0 N–H and O–H groups in total. The zero-order valence-corrected chi connectivity index (χ0v) is 15.0. The van der Waals surface area contributed by atoms with E-state index in [0.29, 0.717) is 34.8 Å². The van der Waals surface area contributed by atoms with Crippen LogP contribution in [-0.2, 0) is 9.53 Å². The van der Waals surface area contributed by atoms with Crippen molar-refractivity contribution in [2.24, 2.45) is 4.99 Å². The van der Waals surface area contributed by atoms with Gasteiger partial charge in [0.2, 0.25) is 0 Å². The average molecular weight is 385 g/mol. The molecule has 0 bridgehead atoms. The lowest BCUT2D eigenvalue weighted by molar-refractivity contribution is -0.384. The van der Waals surface area contributed by atoms with Gasteiger partial charge in [-0.1, -0.05) is 0 Å². The molecule has 1 fully saturated rings. The SMILES string of the molecule is O=C1N=C(N2CCOCC2)S/C1=C/c1ccc(-c2ccc([N+](=O)[O-])cc2)o1. The molecule has 3 heterocycles. The molecule has 0 saturated carbocycles. The number of ether oxygens (including phenoxy) is 1. The van der Waals surface area contributed by atoms with Crippen molar-refractivity contribution >= 4 is 34.6 Å². The third-order valence-electron chi connectivity index (χ3n) is 4.15. The average Bonchev–Trinajstić information content (AvgIpc) is 3.30. The van der Waals surface area contributed by atoms with Crippen molar-refractivity contribution in [1.29, 1.82) is 0 Å². The zero-order valence-electron chi connectivity index (χ0n) is 14.2. The van der Waals surface area contributed by atoms with Gasteiger partial charge in [-0.3, -0.25) is 14.9 Å². The van der Waals surface area contributed by atoms with Crippen LogP contribution in [-0.4, -0.2) is 47.2 Å². The highest BCUT2D eigenvalue weighted by atomic mass is 32.2. The number of nitro benzene ring substituents is 1. The maximum Gasteiger partial charge on any atom is 0.286 e. The summed E-state index contributed by atoms with van der Waals surface area (Å²) in [4.78, 5) is 29.1. The molecule has 0 spiro atoms. The van der Waals surface area contributed by atoms with E-state index in [0.717, 1.165) is 18.7 Å². The number of nitrogens with zero attached hydrogens (tertiary/aromatic N) is 3. The molecule has 1 aromatic heterocycles. The van der Waals surface area contributed by atoms with E-state index in [1.54, 1.807) is 30.3 Å². The van der Waals surface area contributed by atoms with E-state index in [1.165, 1.54) is 23.9 Å². The van der Waals surface area contributed by atoms with Crippen LogP contribution in [0.1, 0.15) is 5.76 Å². The highest BCUT2D eigenvalue weighted by Gasteiger charge is 2.27. The molecule has 1 saturated heterocycles. The number of furan rings is 1. The number of nitro groups is 1. The molecule has 0 atom stereocenters. The Labute approximate surface area is 158 Å². The summed E-state index contributed by atoms with van der Waals surface area (Å²) in [5, 5.41) is 11.4. The van der Waals surface area contributed by atoms with Gasteiger partial charge in [0, 0.05) is 36.9 Å². The number of amidine groups is 1. The molecule has 1 aromatic carbocycles. The van der Waals surface area contributed by atoms with Crippen LogP contribution in [0.3, 0.4) is 0 Å². The summed E-state index contributed by atoms with van der Waals surface area (Å²) < 4.78 is 11.1. The molecule has 9 heteroatoms. The first-order valence-corrected chi connectivity index (χ1v) is 9.12. The quantitative estimate of drug-likeness (QED) is 0.455. The summed E-state index contributed by atoms with van der Waals surface area (Å²) >= 11 is 1.33. The van der Waals surface area contributed by atoms with Gasteiger partial charge in [-0.15, -0.1) is 0 Å². The molecule has 0 aliphatic carbocycles. The number of thioether (sulfide) groups is 1. The predicted octanol–water partition coefficient (Wildman–Crippen LogP) is 3.16. The second kappa shape index (κ2) is 7.37. The number of morpholine rings is 1. The van der Waals surface area contributed by atoms with Crippen LogP contribution in [0.2, 0.25) is 0 Å². The first-order valence-electron chi connectivity index (χ1n) is 8.30. The number of carbonyl (C=O) groups is 1. The molecule has 0 radical (unpaired) electrons. The largest absolute Gasteiger partial charge is 0.457 e. The van der Waals surface area contributed by atoms with Crippen molar-refractivity contribution in [2.75, 3.05) is 26.3 Å². The van der Waals surface area contributed by atoms with Crippen molar-refractivity contribution in [3.05, 3.63) is 57.2 Å². The molecule has 8 nitrogen and oxygen atoms in total. The minimum atomic E-state index is -0.448. The van der Waals surface area contributed by atoms with Crippen LogP contribution in [0, 0.1) is 10.1 Å². The molecular weight excluding hydrogens is 370 g/mol. The Morgan fingerprint density at radius 2 is 1.89 bits per heavy atom. The molecule has 27 heavy (non-hydrogen) atoms. The zero-order chi connectivity index (χ0) is 18.8. The van der Waals surface area contributed by atoms with Gasteiger partial charge in [-0.25, -0.2) is 0 Å². The second-order valence-electron chi connectivity index (χ2n) is 5.92. The lowest BCUT2D eigenvalue weighted by Crippen LogP contribution is -2.38. The number of hydrogen-bond donors (Lipinski definition) is 0. The van der Waals surface area contributed by atoms with Crippen LogP contribution in [0.25, 0.3) is 17.4 Å². The van der Waals surface area contributed by atoms with Gasteiger partial charge in [0.1, 0.15) is 11.5 Å². The number of amides is 1. The molecule has 0 unspecified atom stereocenters. The maximum absolute atomic E-state index is 12.2. The van der Waals surface area contributed by atoms with Gasteiger partial charge in [0.25, 0.3) is 11.6 Å². The van der Waals surface area contributed by atoms with Crippen molar-refractivity contribution < 1.29 is 18.9 Å². The van der Waals surface area contributed by atoms with Gasteiger partial charge in [0.05, 0.1) is 23.0 Å². The van der Waals surface area contributed by atoms with Crippen LogP contribution in [0.4, 0.5) is 5.69 Å². The molecule has 2 aromatic rings. The molecule has 4 rings (SSSR count). The summed E-state index contributed by atoms with van der Waals surface area (Å²) in [5.41, 5.74) is 0.745. The minimum Gasteiger partial charge on any atom is -0.457 e. The molecule has 1 amide bonds. The molecule has 138 valence electrons. The fourth-order valence-electron chi connectivity index (χ4n) is 2.75. The third kappa shape index (κ3) is 3.79. The van der Waals surface area contributed by atoms with E-state index in [1.807, 2.05) is 4.90 Å². The summed E-state index contributed by atoms with van der Waals surface area (Å²) in [5.74, 6) is 0.814. The number of benzene rings is 1. The van der Waals surface area contributed by atoms with Crippen molar-refractivity contribution in [3.8, 4) is 11.3 Å². The first-order chi connectivity index (χ1) is 13.1. The van der Waals surface area contributed by atoms with E-state index < -0.39 is 4.92 Å². The Bertz CT molecular complexity index is 942. The molecule has 2 aliphatic heterocycles. The number of carbonyl (C=O) groups excluding carboxylic acids is 1. The highest BCUT2D eigenvalue weighted by Crippen LogP contribution is 2.32. The van der Waals surface area contributed by atoms with Crippen molar-refractivity contribution in [1.82, 2.24) is 4.90 Å². The lowest BCUT2D eigenvalue weighted by atomic mass is 10.1. The van der Waals surface area contributed by atoms with E-state index in [2.05, 4.69) is 4.99 Å². The van der Waals surface area contributed by atoms with E-state index in [9.17, 15) is 14.9 Å². The topological polar surface area (TPSA) is 98.2 Å². The highest BCUT2D eigenvalue weighted by molar-refractivity contribution is 8.18. The Morgan fingerprint density at radius 1 is 1.15 bits per heavy atom. The first kappa shape index (κ1) is 17.5. The fourth-order valence-corrected chi connectivity index (χ4v) is 3.70. The Balaban J connectivity index is 1.49. The number of rotatable bonds is 3. The Hall–Kier alpha value is -2.91. The minimum absolute atomic E-state index is 0.0217. The monoisotopic (exact) mass is 385 g/mol. The summed E-state index contributed by atoms with van der Waals surface area (Å²) in [6.07, 6.45) is 1.67. The van der Waals surface area contributed by atoms with Gasteiger partial charge in [-0.2, -0.15) is 4.99 Å². The normalized spacial score (nSPS) is 18.8. The summed E-state index contributed by atoms with van der Waals surface area (Å²) in [6, 6.07) is 9.63. The van der Waals surface area contributed by atoms with Gasteiger partial charge in [-0.05, 0) is 36.0 Å². The third-order valence-corrected chi connectivity index (χ3v) is 5.20. The Morgan fingerprint density at radius 3 is 2.59 bits per heavy atom. The van der Waals surface area contributed by atoms with Crippen LogP contribution < -0.4 is 0 Å². The summed E-state index contributed by atoms with van der Waals surface area (Å²) in [6.45, 7) is 2.70. The van der Waals surface area contributed by atoms with E-state index in [4.69, 9.17) is 9.15 Å². The van der Waals surface area contributed by atoms with Crippen molar-refractivity contribution in [3.63, 3.8) is 0 Å². The number of aliphatic imine (C=N–C) groups is 1. The fraction of sp³-hybridized carbons (Fsp3) is 0.222. The van der Waals surface area contributed by atoms with Crippen LogP contribution >= 0.6 is 11.8 Å². The van der Waals surface area contributed by atoms with Crippen molar-refractivity contribution in [2.45, 2.75) is 0 Å². The van der Waals surface area contributed by atoms with Gasteiger partial charge < -0.3 is 14.1 Å². The van der Waals surface area contributed by atoms with E-state index >= 15 is 0 Å². The summed E-state index contributed by atoms with van der Waals surface area (Å²) in [7, 11) is 0. The van der Waals surface area contributed by atoms with Gasteiger partial charge >= 0.3 is 0 Å². The number of non-ortho nitro benzene ring substituents is 1. The second-order valence-corrected chi connectivity index (χ2v) is 6.92. The molecular formula is C18H15N3O5S. The predicted molar refractivity (Wildman–Crippen MR) is 101 cm³/mol. The van der Waals surface area contributed by atoms with Gasteiger partial charge in [0.15, 0.2) is 5.17 Å². The molecule has 2 aliphatic rings. The number of hydrogen-bond acceptors (Lipinski definition) is 7. The Kier molecular flexibility index (Phi) is 4.78.